The number of hydrazine groups is 1. The van der Waals surface area contributed by atoms with Gasteiger partial charge < -0.3 is 15.0 Å². The van der Waals surface area contributed by atoms with Gasteiger partial charge in [-0.3, -0.25) is 20.4 Å². The quantitative estimate of drug-likeness (QED) is 0.304. The Hall–Kier alpha value is -2.50. The fourth-order valence-corrected chi connectivity index (χ4v) is 5.56. The Balaban J connectivity index is 2.20. The normalized spacial score (nSPS) is 10.4. The molecule has 3 N–H and O–H groups in total. The van der Waals surface area contributed by atoms with Crippen molar-refractivity contribution in [1.82, 2.24) is 15.8 Å². The molecule has 0 spiro atoms. The maximum atomic E-state index is 12.9. The van der Waals surface area contributed by atoms with E-state index in [2.05, 4.69) is 16.2 Å². The molecule has 0 saturated heterocycles. The van der Waals surface area contributed by atoms with Crippen LogP contribution in [0.2, 0.25) is 0 Å². The Bertz CT molecular complexity index is 1020. The molecule has 0 saturated carbocycles. The van der Waals surface area contributed by atoms with E-state index in [9.17, 15) is 14.4 Å². The Morgan fingerprint density at radius 1 is 1.12 bits per heavy atom. The van der Waals surface area contributed by atoms with Crippen molar-refractivity contribution in [3.8, 4) is 0 Å². The minimum absolute atomic E-state index is 0.0802. The van der Waals surface area contributed by atoms with E-state index in [1.165, 1.54) is 18.4 Å². The summed E-state index contributed by atoms with van der Waals surface area (Å²) in [6.45, 7) is 10.6. The lowest BCUT2D eigenvalue weighted by molar-refractivity contribution is 0.0601. The number of aryl methyl sites for hydroxylation is 1. The van der Waals surface area contributed by atoms with Crippen LogP contribution in [0.1, 0.15) is 67.2 Å². The van der Waals surface area contributed by atoms with Crippen LogP contribution in [0.15, 0.2) is 5.38 Å². The summed E-state index contributed by atoms with van der Waals surface area (Å²) in [5.41, 5.74) is 7.59. The first-order chi connectivity index (χ1) is 15.2. The number of esters is 1. The molecule has 0 atom stereocenters. The molecule has 2 amide bonds. The van der Waals surface area contributed by atoms with Crippen LogP contribution < -0.4 is 16.2 Å². The number of thiocarbonyl (C=S) groups is 1. The van der Waals surface area contributed by atoms with Gasteiger partial charge in [-0.25, -0.2) is 4.79 Å². The Kier molecular flexibility index (Phi) is 9.17. The van der Waals surface area contributed by atoms with Gasteiger partial charge in [0, 0.05) is 23.3 Å². The number of hydrogen-bond donors (Lipinski definition) is 3. The third-order valence-corrected chi connectivity index (χ3v) is 7.35. The van der Waals surface area contributed by atoms with E-state index in [-0.39, 0.29) is 22.5 Å². The van der Waals surface area contributed by atoms with Crippen LogP contribution in [0.25, 0.3) is 0 Å². The zero-order chi connectivity index (χ0) is 24.0. The van der Waals surface area contributed by atoms with Gasteiger partial charge in [0.05, 0.1) is 23.1 Å². The van der Waals surface area contributed by atoms with Gasteiger partial charge in [-0.15, -0.1) is 22.7 Å². The summed E-state index contributed by atoms with van der Waals surface area (Å²) in [4.78, 5) is 41.0. The van der Waals surface area contributed by atoms with Gasteiger partial charge in [0.2, 0.25) is 0 Å². The van der Waals surface area contributed by atoms with Crippen molar-refractivity contribution in [2.24, 2.45) is 0 Å². The third kappa shape index (κ3) is 5.45. The number of nitrogens with zero attached hydrogens (tertiary/aromatic N) is 1. The zero-order valence-electron chi connectivity index (χ0n) is 19.0. The molecule has 0 bridgehead atoms. The molecule has 0 aliphatic heterocycles. The average Bonchev–Trinajstić information content (AvgIpc) is 3.31. The van der Waals surface area contributed by atoms with Crippen LogP contribution in [0, 0.1) is 13.8 Å². The lowest BCUT2D eigenvalue weighted by Gasteiger charge is -2.18. The van der Waals surface area contributed by atoms with Gasteiger partial charge in [0.15, 0.2) is 5.11 Å². The predicted octanol–water partition coefficient (Wildman–Crippen LogP) is 3.89. The summed E-state index contributed by atoms with van der Waals surface area (Å²) in [7, 11) is 1.28. The molecule has 11 heteroatoms. The number of carbonyl (C=O) groups is 3. The number of carbonyl (C=O) groups excluding carboxylic acids is 3. The van der Waals surface area contributed by atoms with E-state index in [0.717, 1.165) is 28.2 Å². The highest BCUT2D eigenvalue weighted by atomic mass is 32.1. The van der Waals surface area contributed by atoms with Crippen LogP contribution in [-0.2, 0) is 11.2 Å². The van der Waals surface area contributed by atoms with Crippen molar-refractivity contribution >= 4 is 62.8 Å². The topological polar surface area (TPSA) is 99.8 Å². The summed E-state index contributed by atoms with van der Waals surface area (Å²) in [6.07, 6.45) is 0.751. The Morgan fingerprint density at radius 2 is 1.78 bits per heavy atom. The Labute approximate surface area is 201 Å². The highest BCUT2D eigenvalue weighted by Gasteiger charge is 2.27. The molecule has 2 aromatic heterocycles. The van der Waals surface area contributed by atoms with Crippen LogP contribution in [0.3, 0.4) is 0 Å². The molecular weight excluding hydrogens is 468 g/mol. The molecule has 32 heavy (non-hydrogen) atoms. The maximum Gasteiger partial charge on any atom is 0.341 e. The number of ether oxygens (including phenoxy) is 1. The highest BCUT2D eigenvalue weighted by molar-refractivity contribution is 7.80. The molecular formula is C21H28N4O4S3. The first-order valence-electron chi connectivity index (χ1n) is 10.1. The van der Waals surface area contributed by atoms with E-state index < -0.39 is 5.97 Å². The standard InChI is InChI=1S/C21H28N4O4S3/c1-7-13-12(5)31-10-14(13)17(26)23-24-21(30)22-18-15(20(28)29-6)11(4)16(32-18)19(27)25(8-2)9-3/h10H,7-9H2,1-6H3,(H,23,26)(H2,22,24,30). The smallest absolute Gasteiger partial charge is 0.341 e. The number of hydrogen-bond acceptors (Lipinski definition) is 7. The van der Waals surface area contributed by atoms with E-state index in [0.29, 0.717) is 34.1 Å². The molecule has 0 radical (unpaired) electrons. The molecule has 2 heterocycles. The first-order valence-corrected chi connectivity index (χ1v) is 12.3. The number of nitrogens with one attached hydrogen (secondary N) is 3. The third-order valence-electron chi connectivity index (χ3n) is 5.00. The summed E-state index contributed by atoms with van der Waals surface area (Å²) in [5.74, 6) is -1.04. The monoisotopic (exact) mass is 496 g/mol. The highest BCUT2D eigenvalue weighted by Crippen LogP contribution is 2.34. The molecule has 2 aromatic rings. The van der Waals surface area contributed by atoms with Crippen molar-refractivity contribution in [2.75, 3.05) is 25.5 Å². The molecule has 174 valence electrons. The number of rotatable bonds is 7. The fraction of sp³-hybridized carbons (Fsp3) is 0.429. The van der Waals surface area contributed by atoms with Gasteiger partial charge in [0.25, 0.3) is 11.8 Å². The average molecular weight is 497 g/mol. The van der Waals surface area contributed by atoms with Crippen molar-refractivity contribution in [2.45, 2.75) is 41.0 Å². The molecule has 0 aromatic carbocycles. The van der Waals surface area contributed by atoms with Crippen molar-refractivity contribution in [3.63, 3.8) is 0 Å². The van der Waals surface area contributed by atoms with Crippen LogP contribution in [-0.4, -0.2) is 48.0 Å². The van der Waals surface area contributed by atoms with E-state index >= 15 is 0 Å². The predicted molar refractivity (Wildman–Crippen MR) is 133 cm³/mol. The first kappa shape index (κ1) is 25.8. The molecule has 8 nitrogen and oxygen atoms in total. The van der Waals surface area contributed by atoms with Crippen LogP contribution in [0.5, 0.6) is 0 Å². The second-order valence-corrected chi connectivity index (χ2v) is 9.31. The summed E-state index contributed by atoms with van der Waals surface area (Å²) in [6, 6.07) is 0. The van der Waals surface area contributed by atoms with E-state index in [4.69, 9.17) is 17.0 Å². The van der Waals surface area contributed by atoms with Gasteiger partial charge in [0.1, 0.15) is 5.00 Å². The molecule has 0 fully saturated rings. The Morgan fingerprint density at radius 3 is 2.34 bits per heavy atom. The number of anilines is 1. The van der Waals surface area contributed by atoms with E-state index in [1.807, 2.05) is 33.1 Å². The number of methoxy groups -OCH3 is 1. The van der Waals surface area contributed by atoms with Gasteiger partial charge >= 0.3 is 5.97 Å². The SMILES string of the molecule is CCc1c(C(=O)NNC(=S)Nc2sc(C(=O)N(CC)CC)c(C)c2C(=O)OC)csc1C. The fourth-order valence-electron chi connectivity index (χ4n) is 3.23. The maximum absolute atomic E-state index is 12.9. The van der Waals surface area contributed by atoms with Gasteiger partial charge in [-0.05, 0) is 57.5 Å². The zero-order valence-corrected chi connectivity index (χ0v) is 21.5. The van der Waals surface area contributed by atoms with Crippen molar-refractivity contribution < 1.29 is 19.1 Å². The number of amides is 2. The minimum Gasteiger partial charge on any atom is -0.465 e. The second-order valence-electron chi connectivity index (χ2n) is 6.80. The van der Waals surface area contributed by atoms with Crippen LogP contribution >= 0.6 is 34.9 Å². The molecule has 0 unspecified atom stereocenters. The lowest BCUT2D eigenvalue weighted by Crippen LogP contribution is -2.44. The van der Waals surface area contributed by atoms with Gasteiger partial charge in [-0.2, -0.15) is 0 Å². The minimum atomic E-state index is -0.576. The molecule has 0 aliphatic carbocycles. The molecule has 2 rings (SSSR count). The lowest BCUT2D eigenvalue weighted by atomic mass is 10.1. The van der Waals surface area contributed by atoms with Crippen molar-refractivity contribution in [3.05, 3.63) is 37.4 Å². The van der Waals surface area contributed by atoms with E-state index in [1.54, 1.807) is 11.8 Å². The summed E-state index contributed by atoms with van der Waals surface area (Å²) >= 11 is 7.94. The second kappa shape index (κ2) is 11.4. The van der Waals surface area contributed by atoms with Crippen molar-refractivity contribution in [1.29, 1.82) is 0 Å². The summed E-state index contributed by atoms with van der Waals surface area (Å²) < 4.78 is 4.90. The summed E-state index contributed by atoms with van der Waals surface area (Å²) in [5, 5.41) is 5.18. The molecule has 0 aliphatic rings. The largest absolute Gasteiger partial charge is 0.465 e. The number of thiophene rings is 2. The van der Waals surface area contributed by atoms with Gasteiger partial charge in [-0.1, -0.05) is 6.92 Å². The van der Waals surface area contributed by atoms with Crippen LogP contribution in [0.4, 0.5) is 5.00 Å².